The summed E-state index contributed by atoms with van der Waals surface area (Å²) >= 11 is 6.30. The van der Waals surface area contributed by atoms with E-state index in [9.17, 15) is 0 Å². The molecule has 0 saturated carbocycles. The number of hydrogen-bond acceptors (Lipinski definition) is 5. The third kappa shape index (κ3) is 3.10. The molecular weight excluding hydrogens is 350 g/mol. The van der Waals surface area contributed by atoms with E-state index in [1.165, 1.54) is 0 Å². The Labute approximate surface area is 157 Å². The van der Waals surface area contributed by atoms with Gasteiger partial charge in [0.1, 0.15) is 11.6 Å². The molecule has 7 heteroatoms. The number of benzene rings is 1. The van der Waals surface area contributed by atoms with Gasteiger partial charge in [0.2, 0.25) is 5.78 Å². The second-order valence-corrected chi connectivity index (χ2v) is 7.15. The van der Waals surface area contributed by atoms with Gasteiger partial charge in [0, 0.05) is 37.1 Å². The summed E-state index contributed by atoms with van der Waals surface area (Å²) in [5, 5.41) is 0.573. The summed E-state index contributed by atoms with van der Waals surface area (Å²) in [6.45, 7) is 3.89. The maximum absolute atomic E-state index is 6.30. The largest absolute Gasteiger partial charge is 0.495 e. The average Bonchev–Trinajstić information content (AvgIpc) is 3.06. The minimum Gasteiger partial charge on any atom is -0.495 e. The molecule has 26 heavy (non-hydrogen) atoms. The summed E-state index contributed by atoms with van der Waals surface area (Å²) < 4.78 is 7.22. The van der Waals surface area contributed by atoms with Crippen LogP contribution in [0, 0.1) is 6.92 Å². The number of nitrogens with two attached hydrogens (primary N) is 1. The summed E-state index contributed by atoms with van der Waals surface area (Å²) in [5.41, 5.74) is 8.88. The van der Waals surface area contributed by atoms with E-state index >= 15 is 0 Å². The van der Waals surface area contributed by atoms with Crippen LogP contribution in [0.25, 0.3) is 17.0 Å². The zero-order chi connectivity index (χ0) is 18.3. The Balaban J connectivity index is 1.69. The number of imidazole rings is 1. The van der Waals surface area contributed by atoms with Crippen LogP contribution < -0.4 is 15.4 Å². The van der Waals surface area contributed by atoms with Gasteiger partial charge < -0.3 is 15.4 Å². The van der Waals surface area contributed by atoms with Crippen molar-refractivity contribution < 1.29 is 4.74 Å². The van der Waals surface area contributed by atoms with Crippen molar-refractivity contribution in [3.05, 3.63) is 41.2 Å². The molecule has 0 atom stereocenters. The molecule has 1 aliphatic heterocycles. The van der Waals surface area contributed by atoms with Crippen LogP contribution >= 0.6 is 11.6 Å². The number of aromatic nitrogens is 3. The third-order valence-corrected chi connectivity index (χ3v) is 5.25. The molecule has 136 valence electrons. The number of ether oxygens (including phenoxy) is 1. The first-order valence-corrected chi connectivity index (χ1v) is 9.14. The molecule has 1 fully saturated rings. The van der Waals surface area contributed by atoms with Crippen molar-refractivity contribution in [3.63, 3.8) is 0 Å². The molecule has 2 N–H and O–H groups in total. The van der Waals surface area contributed by atoms with Crippen molar-refractivity contribution in [2.24, 2.45) is 5.73 Å². The van der Waals surface area contributed by atoms with Crippen LogP contribution in [0.4, 0.5) is 5.82 Å². The van der Waals surface area contributed by atoms with Gasteiger partial charge in [-0.3, -0.25) is 4.40 Å². The molecule has 4 rings (SSSR count). The SMILES string of the molecule is COc1cc(C)c(-c2cn3ccc(N4CCC(N)CC4)nc3n2)cc1Cl. The number of piperidine rings is 1. The lowest BCUT2D eigenvalue weighted by Gasteiger charge is -2.30. The molecule has 2 aromatic heterocycles. The highest BCUT2D eigenvalue weighted by Gasteiger charge is 2.18. The maximum atomic E-state index is 6.30. The van der Waals surface area contributed by atoms with Crippen molar-refractivity contribution in [1.82, 2.24) is 14.4 Å². The van der Waals surface area contributed by atoms with Gasteiger partial charge in [-0.2, -0.15) is 4.98 Å². The zero-order valence-electron chi connectivity index (χ0n) is 14.9. The molecule has 3 aromatic rings. The minimum atomic E-state index is 0.302. The second kappa shape index (κ2) is 6.78. The number of fused-ring (bicyclic) bond motifs is 1. The minimum absolute atomic E-state index is 0.302. The lowest BCUT2D eigenvalue weighted by molar-refractivity contribution is 0.415. The Bertz CT molecular complexity index is 946. The van der Waals surface area contributed by atoms with E-state index < -0.39 is 0 Å². The highest BCUT2D eigenvalue weighted by Crippen LogP contribution is 2.33. The van der Waals surface area contributed by atoms with Gasteiger partial charge in [-0.05, 0) is 43.5 Å². The van der Waals surface area contributed by atoms with E-state index in [0.717, 1.165) is 48.6 Å². The fraction of sp³-hybridized carbons (Fsp3) is 0.368. The number of aryl methyl sites for hydroxylation is 1. The lowest BCUT2D eigenvalue weighted by Crippen LogP contribution is -2.40. The van der Waals surface area contributed by atoms with Gasteiger partial charge in [0.25, 0.3) is 0 Å². The first-order valence-electron chi connectivity index (χ1n) is 8.76. The fourth-order valence-electron chi connectivity index (χ4n) is 3.38. The van der Waals surface area contributed by atoms with E-state index in [4.69, 9.17) is 32.0 Å². The Morgan fingerprint density at radius 3 is 2.73 bits per heavy atom. The van der Waals surface area contributed by atoms with Crippen LogP contribution in [0.5, 0.6) is 5.75 Å². The van der Waals surface area contributed by atoms with Crippen molar-refractivity contribution in [2.45, 2.75) is 25.8 Å². The molecule has 1 aliphatic rings. The second-order valence-electron chi connectivity index (χ2n) is 6.75. The standard InChI is InChI=1S/C19H22ClN5O/c1-12-9-17(26-2)15(20)10-14(12)16-11-25-8-5-18(23-19(25)22-16)24-6-3-13(21)4-7-24/h5,8-11,13H,3-4,6-7,21H2,1-2H3. The molecule has 0 radical (unpaired) electrons. The third-order valence-electron chi connectivity index (χ3n) is 4.95. The molecule has 0 unspecified atom stereocenters. The summed E-state index contributed by atoms with van der Waals surface area (Å²) in [7, 11) is 1.62. The lowest BCUT2D eigenvalue weighted by atomic mass is 10.1. The van der Waals surface area contributed by atoms with Gasteiger partial charge in [-0.1, -0.05) is 11.6 Å². The maximum Gasteiger partial charge on any atom is 0.236 e. The topological polar surface area (TPSA) is 68.7 Å². The first kappa shape index (κ1) is 17.1. The first-order chi connectivity index (χ1) is 12.5. The van der Waals surface area contributed by atoms with Crippen LogP contribution in [0.3, 0.4) is 0 Å². The number of anilines is 1. The van der Waals surface area contributed by atoms with Gasteiger partial charge >= 0.3 is 0 Å². The molecule has 0 aliphatic carbocycles. The Kier molecular flexibility index (Phi) is 4.46. The van der Waals surface area contributed by atoms with E-state index in [1.807, 2.05) is 41.9 Å². The molecule has 3 heterocycles. The number of nitrogens with zero attached hydrogens (tertiary/aromatic N) is 4. The summed E-state index contributed by atoms with van der Waals surface area (Å²) in [4.78, 5) is 11.7. The summed E-state index contributed by atoms with van der Waals surface area (Å²) in [6, 6.07) is 6.15. The van der Waals surface area contributed by atoms with E-state index in [0.29, 0.717) is 22.6 Å². The number of halogens is 1. The van der Waals surface area contributed by atoms with Gasteiger partial charge in [0.05, 0.1) is 17.8 Å². The average molecular weight is 372 g/mol. The van der Waals surface area contributed by atoms with E-state index in [2.05, 4.69) is 4.90 Å². The molecule has 0 amide bonds. The number of hydrogen-bond donors (Lipinski definition) is 1. The van der Waals surface area contributed by atoms with Crippen molar-refractivity contribution in [3.8, 4) is 17.0 Å². The zero-order valence-corrected chi connectivity index (χ0v) is 15.7. The monoisotopic (exact) mass is 371 g/mol. The molecule has 0 bridgehead atoms. The van der Waals surface area contributed by atoms with E-state index in [-0.39, 0.29) is 0 Å². The number of rotatable bonds is 3. The molecular formula is C19H22ClN5O. The molecule has 0 spiro atoms. The quantitative estimate of drug-likeness (QED) is 0.765. The Morgan fingerprint density at radius 1 is 1.23 bits per heavy atom. The molecule has 6 nitrogen and oxygen atoms in total. The summed E-state index contributed by atoms with van der Waals surface area (Å²) in [6.07, 6.45) is 5.97. The van der Waals surface area contributed by atoms with Crippen LogP contribution in [-0.4, -0.2) is 40.6 Å². The normalized spacial score (nSPS) is 15.6. The number of methoxy groups -OCH3 is 1. The van der Waals surface area contributed by atoms with Crippen LogP contribution in [0.2, 0.25) is 5.02 Å². The Hall–Kier alpha value is -2.31. The predicted octanol–water partition coefficient (Wildman–Crippen LogP) is 3.29. The predicted molar refractivity (Wildman–Crippen MR) is 104 cm³/mol. The molecule has 1 aromatic carbocycles. The van der Waals surface area contributed by atoms with Gasteiger partial charge in [-0.25, -0.2) is 4.98 Å². The van der Waals surface area contributed by atoms with Crippen LogP contribution in [-0.2, 0) is 0 Å². The van der Waals surface area contributed by atoms with E-state index in [1.54, 1.807) is 7.11 Å². The van der Waals surface area contributed by atoms with Crippen LogP contribution in [0.1, 0.15) is 18.4 Å². The highest BCUT2D eigenvalue weighted by atomic mass is 35.5. The Morgan fingerprint density at radius 2 is 2.00 bits per heavy atom. The van der Waals surface area contributed by atoms with Crippen LogP contribution in [0.15, 0.2) is 30.6 Å². The van der Waals surface area contributed by atoms with Gasteiger partial charge in [-0.15, -0.1) is 0 Å². The van der Waals surface area contributed by atoms with Crippen molar-refractivity contribution >= 4 is 23.2 Å². The fourth-order valence-corrected chi connectivity index (χ4v) is 3.63. The smallest absolute Gasteiger partial charge is 0.236 e. The summed E-state index contributed by atoms with van der Waals surface area (Å²) in [5.74, 6) is 2.30. The van der Waals surface area contributed by atoms with Crippen molar-refractivity contribution in [1.29, 1.82) is 0 Å². The molecule has 1 saturated heterocycles. The van der Waals surface area contributed by atoms with Gasteiger partial charge in [0.15, 0.2) is 0 Å². The van der Waals surface area contributed by atoms with Crippen molar-refractivity contribution in [2.75, 3.05) is 25.1 Å². The highest BCUT2D eigenvalue weighted by molar-refractivity contribution is 6.32.